The first-order valence-corrected chi connectivity index (χ1v) is 17.4. The zero-order valence-electron chi connectivity index (χ0n) is 29.7. The van der Waals surface area contributed by atoms with E-state index in [9.17, 15) is 0 Å². The highest BCUT2D eigenvalue weighted by molar-refractivity contribution is 6.25. The summed E-state index contributed by atoms with van der Waals surface area (Å²) in [6.45, 7) is 16.3. The number of aliphatic imine (C=N–C) groups is 1. The Morgan fingerprint density at radius 1 is 0.660 bits per heavy atom. The van der Waals surface area contributed by atoms with Crippen LogP contribution in [0, 0.1) is 0 Å². The lowest BCUT2D eigenvalue weighted by atomic mass is 9.91. The minimum Gasteiger partial charge on any atom is -0.383 e. The average Bonchev–Trinajstić information content (AvgIpc) is 3.18. The Kier molecular flexibility index (Phi) is 12.1. The van der Waals surface area contributed by atoms with Crippen molar-refractivity contribution in [1.82, 2.24) is 5.32 Å². The molecule has 0 heterocycles. The smallest absolute Gasteiger partial charge is 0.127 e. The predicted octanol–water partition coefficient (Wildman–Crippen LogP) is 12.1. The summed E-state index contributed by atoms with van der Waals surface area (Å²) in [5.41, 5.74) is 14.1. The molecule has 0 radical (unpaired) electrons. The number of nitrogens with one attached hydrogen (secondary N) is 1. The van der Waals surface area contributed by atoms with Gasteiger partial charge in [0.05, 0.1) is 0 Å². The Balaban J connectivity index is 0.00000239. The van der Waals surface area contributed by atoms with Crippen molar-refractivity contribution in [2.45, 2.75) is 40.4 Å². The molecule has 0 saturated carbocycles. The number of fused-ring (bicyclic) bond motifs is 6. The molecule has 0 aliphatic rings. The summed E-state index contributed by atoms with van der Waals surface area (Å²) in [5.74, 6) is 0.453. The molecule has 0 fully saturated rings. The van der Waals surface area contributed by atoms with Crippen LogP contribution in [0.1, 0.15) is 33.3 Å². The fraction of sp³-hybridized carbons (Fsp3) is 0.128. The maximum absolute atomic E-state index is 6.43. The van der Waals surface area contributed by atoms with Crippen LogP contribution in [-0.2, 0) is 6.54 Å². The molecule has 0 aliphatic heterocycles. The van der Waals surface area contributed by atoms with Crippen LogP contribution in [0.4, 0.5) is 0 Å². The molecule has 0 bridgehead atoms. The van der Waals surface area contributed by atoms with Gasteiger partial charge in [0.25, 0.3) is 0 Å². The van der Waals surface area contributed by atoms with Crippen LogP contribution in [0.2, 0.25) is 0 Å². The standard InChI is InChI=1S/C45H41N3.C2H6/c1-5-9-17-33(8-4)44(46)48-45(32(6-2)7-3)47-30-31-16-14-18-34(27-31)35-19-15-20-36(28-35)37-25-26-42-40-23-11-10-21-38(40)39-22-12-13-24-41(39)43(42)29-37;1-2/h5-29,45,47H,1-2,30H2,3-4H3,(H2,46,48);1-2H3/b17-9-,32-7+,33-8+;. The number of rotatable bonds is 11. The van der Waals surface area contributed by atoms with E-state index in [0.29, 0.717) is 12.4 Å². The zero-order valence-corrected chi connectivity index (χ0v) is 29.7. The molecule has 0 aromatic heterocycles. The molecule has 3 heteroatoms. The number of hydrogen-bond acceptors (Lipinski definition) is 2. The molecular weight excluding hydrogens is 607 g/mol. The van der Waals surface area contributed by atoms with Gasteiger partial charge in [0.15, 0.2) is 0 Å². The summed E-state index contributed by atoms with van der Waals surface area (Å²) in [7, 11) is 0. The van der Waals surface area contributed by atoms with Gasteiger partial charge in [-0.1, -0.05) is 161 Å². The van der Waals surface area contributed by atoms with Gasteiger partial charge < -0.3 is 5.73 Å². The van der Waals surface area contributed by atoms with Crippen molar-refractivity contribution in [3.05, 3.63) is 182 Å². The van der Waals surface area contributed by atoms with Gasteiger partial charge in [-0.15, -0.1) is 0 Å². The van der Waals surface area contributed by atoms with Gasteiger partial charge in [-0.05, 0) is 97.8 Å². The third-order valence-electron chi connectivity index (χ3n) is 8.87. The molecule has 0 spiro atoms. The maximum atomic E-state index is 6.43. The Bertz CT molecular complexity index is 2230. The maximum Gasteiger partial charge on any atom is 0.127 e. The highest BCUT2D eigenvalue weighted by atomic mass is 15.1. The van der Waals surface area contributed by atoms with E-state index in [-0.39, 0.29) is 6.17 Å². The topological polar surface area (TPSA) is 50.4 Å². The minimum absolute atomic E-state index is 0.340. The summed E-state index contributed by atoms with van der Waals surface area (Å²) >= 11 is 0. The van der Waals surface area contributed by atoms with E-state index in [1.807, 2.05) is 58.1 Å². The van der Waals surface area contributed by atoms with Crippen LogP contribution in [0.5, 0.6) is 0 Å². The number of amidine groups is 1. The molecule has 250 valence electrons. The van der Waals surface area contributed by atoms with E-state index >= 15 is 0 Å². The Hall–Kier alpha value is -5.77. The first-order valence-electron chi connectivity index (χ1n) is 17.4. The largest absolute Gasteiger partial charge is 0.383 e. The van der Waals surface area contributed by atoms with Crippen LogP contribution < -0.4 is 11.1 Å². The number of nitrogens with two attached hydrogens (primary N) is 1. The second-order valence-electron chi connectivity index (χ2n) is 11.8. The molecule has 0 aliphatic carbocycles. The molecule has 3 N–H and O–H groups in total. The Morgan fingerprint density at radius 3 is 1.76 bits per heavy atom. The monoisotopic (exact) mass is 653 g/mol. The second kappa shape index (κ2) is 17.1. The number of allylic oxidation sites excluding steroid dienone is 4. The second-order valence-corrected chi connectivity index (χ2v) is 11.8. The first kappa shape index (κ1) is 35.5. The Morgan fingerprint density at radius 2 is 1.20 bits per heavy atom. The van der Waals surface area contributed by atoms with Crippen LogP contribution in [-0.4, -0.2) is 12.0 Å². The van der Waals surface area contributed by atoms with Crippen LogP contribution in [0.3, 0.4) is 0 Å². The van der Waals surface area contributed by atoms with Gasteiger partial charge in [-0.25, -0.2) is 4.99 Å². The molecule has 6 aromatic carbocycles. The molecule has 6 rings (SSSR count). The fourth-order valence-corrected chi connectivity index (χ4v) is 6.38. The van der Waals surface area contributed by atoms with Gasteiger partial charge in [0, 0.05) is 12.1 Å². The van der Waals surface area contributed by atoms with Crippen LogP contribution >= 0.6 is 0 Å². The van der Waals surface area contributed by atoms with Gasteiger partial charge in [0.2, 0.25) is 0 Å². The van der Waals surface area contributed by atoms with E-state index < -0.39 is 0 Å². The lowest BCUT2D eigenvalue weighted by molar-refractivity contribution is 0.597. The first-order chi connectivity index (χ1) is 24.5. The number of benzene rings is 6. The predicted molar refractivity (Wildman–Crippen MR) is 220 cm³/mol. The van der Waals surface area contributed by atoms with Crippen molar-refractivity contribution in [2.24, 2.45) is 10.7 Å². The lowest BCUT2D eigenvalue weighted by Crippen LogP contribution is -2.31. The van der Waals surface area contributed by atoms with Crippen molar-refractivity contribution >= 4 is 38.2 Å². The van der Waals surface area contributed by atoms with E-state index in [0.717, 1.165) is 22.3 Å². The van der Waals surface area contributed by atoms with Gasteiger partial charge in [-0.3, -0.25) is 5.32 Å². The molecule has 50 heavy (non-hydrogen) atoms. The van der Waals surface area contributed by atoms with E-state index in [4.69, 9.17) is 10.7 Å². The van der Waals surface area contributed by atoms with Crippen LogP contribution in [0.25, 0.3) is 54.6 Å². The number of hydrogen-bond donors (Lipinski definition) is 2. The molecule has 0 amide bonds. The summed E-state index contributed by atoms with van der Waals surface area (Å²) in [5, 5.41) is 11.3. The molecule has 6 aromatic rings. The minimum atomic E-state index is -0.340. The fourth-order valence-electron chi connectivity index (χ4n) is 6.38. The SMILES string of the molecule is C=C\C=C/C(=C\C)C(/N)=N/C(NCc1cccc(-c2cccc(-c3ccc4c5ccccc5c5ccccc5c4c3)c2)c1)/C(C=C)=C/C.CC. The highest BCUT2D eigenvalue weighted by Crippen LogP contribution is 2.37. The van der Waals surface area contributed by atoms with E-state index in [2.05, 4.69) is 134 Å². The zero-order chi connectivity index (χ0) is 35.5. The summed E-state index contributed by atoms with van der Waals surface area (Å²) in [4.78, 5) is 4.83. The summed E-state index contributed by atoms with van der Waals surface area (Å²) in [6, 6.07) is 41.8. The summed E-state index contributed by atoms with van der Waals surface area (Å²) < 4.78 is 0. The van der Waals surface area contributed by atoms with Crippen molar-refractivity contribution in [3.8, 4) is 22.3 Å². The third-order valence-corrected chi connectivity index (χ3v) is 8.87. The van der Waals surface area contributed by atoms with E-state index in [1.54, 1.807) is 6.08 Å². The van der Waals surface area contributed by atoms with Crippen LogP contribution in [0.15, 0.2) is 181 Å². The molecule has 0 saturated heterocycles. The number of nitrogens with zero attached hydrogens (tertiary/aromatic N) is 1. The van der Waals surface area contributed by atoms with E-state index in [1.165, 1.54) is 49.0 Å². The van der Waals surface area contributed by atoms with Gasteiger partial charge >= 0.3 is 0 Å². The Labute approximate surface area is 297 Å². The van der Waals surface area contributed by atoms with Crippen molar-refractivity contribution in [1.29, 1.82) is 0 Å². The quantitative estimate of drug-likeness (QED) is 0.0633. The summed E-state index contributed by atoms with van der Waals surface area (Å²) in [6.07, 6.45) is 10.9. The molecule has 3 nitrogen and oxygen atoms in total. The third kappa shape index (κ3) is 7.75. The van der Waals surface area contributed by atoms with Crippen molar-refractivity contribution in [2.75, 3.05) is 0 Å². The van der Waals surface area contributed by atoms with Crippen molar-refractivity contribution in [3.63, 3.8) is 0 Å². The van der Waals surface area contributed by atoms with Gasteiger partial charge in [-0.2, -0.15) is 0 Å². The van der Waals surface area contributed by atoms with Gasteiger partial charge in [0.1, 0.15) is 12.0 Å². The lowest BCUT2D eigenvalue weighted by Gasteiger charge is -2.18. The molecular formula is C47H47N3. The molecule has 1 atom stereocenters. The average molecular weight is 654 g/mol. The normalized spacial score (nSPS) is 13.0. The molecule has 1 unspecified atom stereocenters. The van der Waals surface area contributed by atoms with Crippen molar-refractivity contribution < 1.29 is 0 Å². The highest BCUT2D eigenvalue weighted by Gasteiger charge is 2.13.